The van der Waals surface area contributed by atoms with Crippen LogP contribution in [0.4, 0.5) is 0 Å². The number of benzene rings is 1. The van der Waals surface area contributed by atoms with Crippen molar-refractivity contribution in [2.24, 2.45) is 0 Å². The Bertz CT molecular complexity index is 894. The molecular weight excluding hydrogens is 374 g/mol. The summed E-state index contributed by atoms with van der Waals surface area (Å²) in [5, 5.41) is 7.38. The summed E-state index contributed by atoms with van der Waals surface area (Å²) in [6.45, 7) is -0.117. The molecule has 1 fully saturated rings. The molecule has 156 valence electrons. The highest BCUT2D eigenvalue weighted by atomic mass is 16.5. The SMILES string of the molecule is COc1cc(-c2ccc(=O)n(CC(=O)NC3CCCCC3)n2)cc(OC)c1OC. The van der Waals surface area contributed by atoms with Crippen molar-refractivity contribution in [3.05, 3.63) is 34.6 Å². The molecule has 8 heteroatoms. The van der Waals surface area contributed by atoms with Crippen LogP contribution in [-0.2, 0) is 11.3 Å². The molecule has 8 nitrogen and oxygen atoms in total. The number of carbonyl (C=O) groups excluding carboxylic acids is 1. The van der Waals surface area contributed by atoms with Crippen LogP contribution >= 0.6 is 0 Å². The number of methoxy groups -OCH3 is 3. The molecule has 1 aliphatic rings. The quantitative estimate of drug-likeness (QED) is 0.766. The van der Waals surface area contributed by atoms with Crippen LogP contribution in [0.2, 0.25) is 0 Å². The van der Waals surface area contributed by atoms with Crippen LogP contribution < -0.4 is 25.1 Å². The molecule has 1 heterocycles. The molecule has 1 amide bonds. The van der Waals surface area contributed by atoms with Gasteiger partial charge in [0.25, 0.3) is 5.56 Å². The third kappa shape index (κ3) is 4.88. The van der Waals surface area contributed by atoms with Gasteiger partial charge in [0.15, 0.2) is 11.5 Å². The summed E-state index contributed by atoms with van der Waals surface area (Å²) in [5.41, 5.74) is 0.871. The summed E-state index contributed by atoms with van der Waals surface area (Å²) in [5.74, 6) is 1.24. The maximum Gasteiger partial charge on any atom is 0.267 e. The Morgan fingerprint density at radius 3 is 2.31 bits per heavy atom. The first kappa shape index (κ1) is 20.7. The zero-order valence-electron chi connectivity index (χ0n) is 17.1. The first-order valence-electron chi connectivity index (χ1n) is 9.73. The van der Waals surface area contributed by atoms with E-state index in [1.807, 2.05) is 0 Å². The Kier molecular flexibility index (Phi) is 6.74. The highest BCUT2D eigenvalue weighted by Crippen LogP contribution is 2.40. The van der Waals surface area contributed by atoms with Gasteiger partial charge in [0.05, 0.1) is 27.0 Å². The minimum Gasteiger partial charge on any atom is -0.493 e. The minimum absolute atomic E-state index is 0.117. The molecule has 0 spiro atoms. The average Bonchev–Trinajstić information content (AvgIpc) is 2.74. The van der Waals surface area contributed by atoms with E-state index in [1.165, 1.54) is 38.5 Å². The predicted octanol–water partition coefficient (Wildman–Crippen LogP) is 2.38. The van der Waals surface area contributed by atoms with Gasteiger partial charge in [0, 0.05) is 17.7 Å². The maximum absolute atomic E-state index is 12.4. The third-order valence-electron chi connectivity index (χ3n) is 5.09. The topological polar surface area (TPSA) is 91.7 Å². The standard InChI is InChI=1S/C21H27N3O5/c1-27-17-11-14(12-18(28-2)21(17)29-3)16-9-10-20(26)24(23-16)13-19(25)22-15-7-5-4-6-8-15/h9-12,15H,4-8,13H2,1-3H3,(H,22,25). The Hall–Kier alpha value is -3.03. The van der Waals surface area contributed by atoms with Crippen molar-refractivity contribution in [3.8, 4) is 28.5 Å². The van der Waals surface area contributed by atoms with Crippen molar-refractivity contribution in [2.45, 2.75) is 44.7 Å². The molecule has 0 aliphatic heterocycles. The summed E-state index contributed by atoms with van der Waals surface area (Å²) in [7, 11) is 4.60. The third-order valence-corrected chi connectivity index (χ3v) is 5.09. The molecule has 0 unspecified atom stereocenters. The first-order valence-corrected chi connectivity index (χ1v) is 9.73. The molecule has 29 heavy (non-hydrogen) atoms. The molecule has 0 radical (unpaired) electrons. The van der Waals surface area contributed by atoms with Gasteiger partial charge in [-0.1, -0.05) is 19.3 Å². The van der Waals surface area contributed by atoms with E-state index in [4.69, 9.17) is 14.2 Å². The molecule has 2 aromatic rings. The number of nitrogens with one attached hydrogen (secondary N) is 1. The fourth-order valence-corrected chi connectivity index (χ4v) is 3.60. The predicted molar refractivity (Wildman–Crippen MR) is 109 cm³/mol. The fraction of sp³-hybridized carbons (Fsp3) is 0.476. The Morgan fingerprint density at radius 1 is 1.07 bits per heavy atom. The normalized spacial score (nSPS) is 14.3. The van der Waals surface area contributed by atoms with Crippen LogP contribution in [0.25, 0.3) is 11.3 Å². The van der Waals surface area contributed by atoms with Gasteiger partial charge >= 0.3 is 0 Å². The van der Waals surface area contributed by atoms with Crippen molar-refractivity contribution in [3.63, 3.8) is 0 Å². The lowest BCUT2D eigenvalue weighted by molar-refractivity contribution is -0.122. The van der Waals surface area contributed by atoms with E-state index in [1.54, 1.807) is 18.2 Å². The molecule has 1 saturated carbocycles. The number of amides is 1. The molecule has 0 saturated heterocycles. The lowest BCUT2D eigenvalue weighted by Gasteiger charge is -2.22. The van der Waals surface area contributed by atoms with Crippen LogP contribution in [-0.4, -0.2) is 43.1 Å². The number of hydrogen-bond acceptors (Lipinski definition) is 6. The number of hydrogen-bond donors (Lipinski definition) is 1. The van der Waals surface area contributed by atoms with Gasteiger partial charge in [0.2, 0.25) is 11.7 Å². The van der Waals surface area contributed by atoms with Crippen molar-refractivity contribution < 1.29 is 19.0 Å². The van der Waals surface area contributed by atoms with Gasteiger partial charge in [-0.05, 0) is 31.0 Å². The molecule has 0 bridgehead atoms. The minimum atomic E-state index is -0.333. The summed E-state index contributed by atoms with van der Waals surface area (Å²) >= 11 is 0. The van der Waals surface area contributed by atoms with Gasteiger partial charge in [-0.2, -0.15) is 5.10 Å². The Morgan fingerprint density at radius 2 is 1.72 bits per heavy atom. The van der Waals surface area contributed by atoms with Crippen LogP contribution in [0, 0.1) is 0 Å². The van der Waals surface area contributed by atoms with Crippen LogP contribution in [0.15, 0.2) is 29.1 Å². The lowest BCUT2D eigenvalue weighted by Crippen LogP contribution is -2.40. The van der Waals surface area contributed by atoms with Crippen molar-refractivity contribution in [1.29, 1.82) is 0 Å². The van der Waals surface area contributed by atoms with Crippen LogP contribution in [0.3, 0.4) is 0 Å². The second kappa shape index (κ2) is 9.45. The largest absolute Gasteiger partial charge is 0.493 e. The van der Waals surface area contributed by atoms with Gasteiger partial charge in [0.1, 0.15) is 6.54 Å². The summed E-state index contributed by atoms with van der Waals surface area (Å²) in [6, 6.07) is 6.70. The second-order valence-corrected chi connectivity index (χ2v) is 7.03. The molecule has 1 aromatic carbocycles. The van der Waals surface area contributed by atoms with Gasteiger partial charge < -0.3 is 19.5 Å². The van der Waals surface area contributed by atoms with Gasteiger partial charge in [-0.15, -0.1) is 0 Å². The highest BCUT2D eigenvalue weighted by molar-refractivity contribution is 5.76. The molecule has 1 aromatic heterocycles. The summed E-state index contributed by atoms with van der Waals surface area (Å²) < 4.78 is 17.3. The lowest BCUT2D eigenvalue weighted by atomic mass is 9.95. The summed E-state index contributed by atoms with van der Waals surface area (Å²) in [6.07, 6.45) is 5.43. The monoisotopic (exact) mass is 401 g/mol. The summed E-state index contributed by atoms with van der Waals surface area (Å²) in [4.78, 5) is 24.6. The van der Waals surface area contributed by atoms with Crippen LogP contribution in [0.5, 0.6) is 17.2 Å². The van der Waals surface area contributed by atoms with Crippen LogP contribution in [0.1, 0.15) is 32.1 Å². The molecular formula is C21H27N3O5. The van der Waals surface area contributed by atoms with E-state index in [-0.39, 0.29) is 24.1 Å². The zero-order valence-corrected chi connectivity index (χ0v) is 17.1. The Labute approximate surface area is 169 Å². The number of rotatable bonds is 7. The fourth-order valence-electron chi connectivity index (χ4n) is 3.60. The van der Waals surface area contributed by atoms with Crippen molar-refractivity contribution >= 4 is 5.91 Å². The van der Waals surface area contributed by atoms with Gasteiger partial charge in [-0.3, -0.25) is 9.59 Å². The maximum atomic E-state index is 12.4. The number of aromatic nitrogens is 2. The van der Waals surface area contributed by atoms with E-state index in [9.17, 15) is 9.59 Å². The molecule has 1 aliphatic carbocycles. The van der Waals surface area contributed by atoms with E-state index >= 15 is 0 Å². The average molecular weight is 401 g/mol. The Balaban J connectivity index is 1.85. The first-order chi connectivity index (χ1) is 14.0. The second-order valence-electron chi connectivity index (χ2n) is 7.03. The molecule has 0 atom stereocenters. The zero-order chi connectivity index (χ0) is 20.8. The van der Waals surface area contributed by atoms with Crippen molar-refractivity contribution in [2.75, 3.05) is 21.3 Å². The van der Waals surface area contributed by atoms with Crippen molar-refractivity contribution in [1.82, 2.24) is 15.1 Å². The molecule has 3 rings (SSSR count). The smallest absolute Gasteiger partial charge is 0.267 e. The van der Waals surface area contributed by atoms with E-state index in [2.05, 4.69) is 10.4 Å². The highest BCUT2D eigenvalue weighted by Gasteiger charge is 2.18. The number of carbonyl (C=O) groups is 1. The van der Waals surface area contributed by atoms with E-state index in [0.29, 0.717) is 28.5 Å². The van der Waals surface area contributed by atoms with E-state index < -0.39 is 0 Å². The molecule has 1 N–H and O–H groups in total. The van der Waals surface area contributed by atoms with Gasteiger partial charge in [-0.25, -0.2) is 4.68 Å². The van der Waals surface area contributed by atoms with E-state index in [0.717, 1.165) is 25.7 Å². The number of nitrogens with zero attached hydrogens (tertiary/aromatic N) is 2. The number of ether oxygens (including phenoxy) is 3.